The summed E-state index contributed by atoms with van der Waals surface area (Å²) in [5.41, 5.74) is 0.929. The fourth-order valence-electron chi connectivity index (χ4n) is 2.05. The molecule has 19 heavy (non-hydrogen) atoms. The Morgan fingerprint density at radius 3 is 2.68 bits per heavy atom. The van der Waals surface area contributed by atoms with E-state index in [0.29, 0.717) is 18.1 Å². The molecule has 0 radical (unpaired) electrons. The highest BCUT2D eigenvalue weighted by Gasteiger charge is 2.26. The maximum atomic E-state index is 11.6. The van der Waals surface area contributed by atoms with Gasteiger partial charge in [0.25, 0.3) is 0 Å². The third-order valence-electron chi connectivity index (χ3n) is 2.86. The molecular formula is C13H17N3O2S. The fourth-order valence-corrected chi connectivity index (χ4v) is 2.66. The summed E-state index contributed by atoms with van der Waals surface area (Å²) in [6, 6.07) is 0. The Morgan fingerprint density at radius 2 is 2.16 bits per heavy atom. The zero-order chi connectivity index (χ0) is 14.0. The van der Waals surface area contributed by atoms with Crippen molar-refractivity contribution in [2.75, 3.05) is 0 Å². The predicted octanol–water partition coefficient (Wildman–Crippen LogP) is 2.75. The Morgan fingerprint density at radius 1 is 1.42 bits per heavy atom. The SMILES string of the molecule is CC(=O)C(c1nc(Cc2csc(C)n2)no1)C(C)C. The van der Waals surface area contributed by atoms with E-state index in [0.717, 1.165) is 10.7 Å². The summed E-state index contributed by atoms with van der Waals surface area (Å²) in [4.78, 5) is 20.3. The van der Waals surface area contributed by atoms with Gasteiger partial charge in [-0.25, -0.2) is 4.98 Å². The van der Waals surface area contributed by atoms with Gasteiger partial charge in [-0.1, -0.05) is 19.0 Å². The summed E-state index contributed by atoms with van der Waals surface area (Å²) in [5, 5.41) is 6.93. The van der Waals surface area contributed by atoms with Crippen molar-refractivity contribution in [3.63, 3.8) is 0 Å². The molecule has 2 aromatic heterocycles. The molecule has 0 spiro atoms. The lowest BCUT2D eigenvalue weighted by Gasteiger charge is -2.12. The van der Waals surface area contributed by atoms with E-state index in [-0.39, 0.29) is 17.6 Å². The molecule has 6 heteroatoms. The monoisotopic (exact) mass is 279 g/mol. The first-order chi connectivity index (χ1) is 8.97. The van der Waals surface area contributed by atoms with Crippen molar-refractivity contribution in [3.05, 3.63) is 27.8 Å². The number of aryl methyl sites for hydroxylation is 1. The van der Waals surface area contributed by atoms with Crippen LogP contribution in [0.1, 0.15) is 49.1 Å². The van der Waals surface area contributed by atoms with Gasteiger partial charge in [-0.2, -0.15) is 4.98 Å². The van der Waals surface area contributed by atoms with Gasteiger partial charge in [-0.15, -0.1) is 11.3 Å². The molecule has 5 nitrogen and oxygen atoms in total. The minimum Gasteiger partial charge on any atom is -0.339 e. The van der Waals surface area contributed by atoms with Crippen LogP contribution in [0, 0.1) is 12.8 Å². The maximum Gasteiger partial charge on any atom is 0.237 e. The molecular weight excluding hydrogens is 262 g/mol. The van der Waals surface area contributed by atoms with Crippen molar-refractivity contribution < 1.29 is 9.32 Å². The highest BCUT2D eigenvalue weighted by molar-refractivity contribution is 7.09. The van der Waals surface area contributed by atoms with Crippen molar-refractivity contribution in [3.8, 4) is 0 Å². The number of rotatable bonds is 5. The van der Waals surface area contributed by atoms with Crippen LogP contribution in [0.2, 0.25) is 0 Å². The molecule has 0 aliphatic rings. The Labute approximate surface area is 116 Å². The maximum absolute atomic E-state index is 11.6. The van der Waals surface area contributed by atoms with Crippen LogP contribution in [0.25, 0.3) is 0 Å². The smallest absolute Gasteiger partial charge is 0.237 e. The van der Waals surface area contributed by atoms with Gasteiger partial charge in [0.05, 0.1) is 23.0 Å². The molecule has 1 unspecified atom stereocenters. The molecule has 0 aliphatic heterocycles. The molecule has 0 saturated heterocycles. The average molecular weight is 279 g/mol. The highest BCUT2D eigenvalue weighted by Crippen LogP contribution is 2.24. The molecule has 2 heterocycles. The zero-order valence-electron chi connectivity index (χ0n) is 11.5. The van der Waals surface area contributed by atoms with Crippen LogP contribution in [-0.4, -0.2) is 20.9 Å². The third-order valence-corrected chi connectivity index (χ3v) is 3.68. The summed E-state index contributed by atoms with van der Waals surface area (Å²) in [7, 11) is 0. The Bertz CT molecular complexity index is 574. The molecule has 0 bridgehead atoms. The summed E-state index contributed by atoms with van der Waals surface area (Å²) >= 11 is 1.60. The molecule has 0 aliphatic carbocycles. The van der Waals surface area contributed by atoms with Crippen molar-refractivity contribution in [1.29, 1.82) is 0 Å². The van der Waals surface area contributed by atoms with Gasteiger partial charge < -0.3 is 4.52 Å². The Kier molecular flexibility index (Phi) is 4.09. The van der Waals surface area contributed by atoms with Crippen LogP contribution >= 0.6 is 11.3 Å². The number of aromatic nitrogens is 3. The number of hydrogen-bond acceptors (Lipinski definition) is 6. The molecule has 0 aromatic carbocycles. The topological polar surface area (TPSA) is 68.9 Å². The Balaban J connectivity index is 2.16. The molecule has 0 fully saturated rings. The number of carbonyl (C=O) groups is 1. The zero-order valence-corrected chi connectivity index (χ0v) is 12.3. The van der Waals surface area contributed by atoms with Crippen LogP contribution in [0.3, 0.4) is 0 Å². The average Bonchev–Trinajstić information content (AvgIpc) is 2.88. The van der Waals surface area contributed by atoms with E-state index in [1.807, 2.05) is 26.2 Å². The van der Waals surface area contributed by atoms with Gasteiger partial charge >= 0.3 is 0 Å². The van der Waals surface area contributed by atoms with Gasteiger partial charge in [-0.3, -0.25) is 4.79 Å². The van der Waals surface area contributed by atoms with Gasteiger partial charge in [0.1, 0.15) is 5.78 Å². The van der Waals surface area contributed by atoms with Crippen molar-refractivity contribution in [2.24, 2.45) is 5.92 Å². The van der Waals surface area contributed by atoms with E-state index in [1.54, 1.807) is 18.3 Å². The van der Waals surface area contributed by atoms with E-state index in [2.05, 4.69) is 15.1 Å². The van der Waals surface area contributed by atoms with Crippen LogP contribution in [0.15, 0.2) is 9.90 Å². The molecule has 0 saturated carbocycles. The third kappa shape index (κ3) is 3.26. The first kappa shape index (κ1) is 13.9. The molecule has 1 atom stereocenters. The Hall–Kier alpha value is -1.56. The van der Waals surface area contributed by atoms with E-state index in [1.165, 1.54) is 0 Å². The summed E-state index contributed by atoms with van der Waals surface area (Å²) in [5.74, 6) is 0.858. The second-order valence-electron chi connectivity index (χ2n) is 4.92. The van der Waals surface area contributed by atoms with Gasteiger partial charge in [0, 0.05) is 5.38 Å². The first-order valence-electron chi connectivity index (χ1n) is 6.21. The van der Waals surface area contributed by atoms with Crippen molar-refractivity contribution >= 4 is 17.1 Å². The minimum atomic E-state index is -0.321. The molecule has 102 valence electrons. The predicted molar refractivity (Wildman–Crippen MR) is 72.2 cm³/mol. The second-order valence-corrected chi connectivity index (χ2v) is 5.98. The molecule has 0 amide bonds. The van der Waals surface area contributed by atoms with E-state index in [9.17, 15) is 4.79 Å². The summed E-state index contributed by atoms with van der Waals surface area (Å²) in [6.45, 7) is 7.46. The number of ketones is 1. The number of Topliss-reactive ketones (excluding diaryl/α,β-unsaturated/α-hetero) is 1. The standard InChI is InChI=1S/C13H17N3O2S/c1-7(2)12(8(3)17)13-15-11(16-18-13)5-10-6-19-9(4)14-10/h6-7,12H,5H2,1-4H3. The molecule has 0 N–H and O–H groups in total. The normalized spacial score (nSPS) is 12.9. The second kappa shape index (κ2) is 5.61. The quantitative estimate of drug-likeness (QED) is 0.841. The van der Waals surface area contributed by atoms with Crippen LogP contribution in [0.5, 0.6) is 0 Å². The fraction of sp³-hybridized carbons (Fsp3) is 0.538. The number of nitrogens with zero attached hydrogens (tertiary/aromatic N) is 3. The van der Waals surface area contributed by atoms with Crippen molar-refractivity contribution in [1.82, 2.24) is 15.1 Å². The summed E-state index contributed by atoms with van der Waals surface area (Å²) in [6.07, 6.45) is 0.538. The number of thiazole rings is 1. The highest BCUT2D eigenvalue weighted by atomic mass is 32.1. The lowest BCUT2D eigenvalue weighted by Crippen LogP contribution is -2.15. The van der Waals surface area contributed by atoms with Gasteiger partial charge in [-0.05, 0) is 19.8 Å². The largest absolute Gasteiger partial charge is 0.339 e. The van der Waals surface area contributed by atoms with Crippen LogP contribution in [-0.2, 0) is 11.2 Å². The van der Waals surface area contributed by atoms with Crippen LogP contribution < -0.4 is 0 Å². The number of hydrogen-bond donors (Lipinski definition) is 0. The van der Waals surface area contributed by atoms with Gasteiger partial charge in [0.15, 0.2) is 5.82 Å². The van der Waals surface area contributed by atoms with Gasteiger partial charge in [0.2, 0.25) is 5.89 Å². The number of carbonyl (C=O) groups excluding carboxylic acids is 1. The molecule has 2 aromatic rings. The van der Waals surface area contributed by atoms with E-state index in [4.69, 9.17) is 4.52 Å². The van der Waals surface area contributed by atoms with Crippen molar-refractivity contribution in [2.45, 2.75) is 40.0 Å². The minimum absolute atomic E-state index is 0.0507. The van der Waals surface area contributed by atoms with E-state index < -0.39 is 0 Å². The lowest BCUT2D eigenvalue weighted by molar-refractivity contribution is -0.119. The van der Waals surface area contributed by atoms with E-state index >= 15 is 0 Å². The lowest BCUT2D eigenvalue weighted by atomic mass is 9.92. The first-order valence-corrected chi connectivity index (χ1v) is 7.09. The van der Waals surface area contributed by atoms with Crippen LogP contribution in [0.4, 0.5) is 0 Å². The molecule has 2 rings (SSSR count). The summed E-state index contributed by atoms with van der Waals surface area (Å²) < 4.78 is 5.22.